The Balaban J connectivity index is 2.64. The van der Waals surface area contributed by atoms with Gasteiger partial charge < -0.3 is 14.8 Å². The van der Waals surface area contributed by atoms with Crippen LogP contribution in [-0.2, 0) is 0 Å². The average molecular weight is 184 g/mol. The largest absolute Gasteiger partial charge is 0.438 e. The van der Waals surface area contributed by atoms with E-state index in [1.54, 1.807) is 13.8 Å². The first-order valence-electron chi connectivity index (χ1n) is 3.97. The van der Waals surface area contributed by atoms with Gasteiger partial charge in [-0.1, -0.05) is 0 Å². The number of aliphatic hydroxyl groups is 1. The molecule has 0 fully saturated rings. The molecule has 0 unspecified atom stereocenters. The van der Waals surface area contributed by atoms with Crippen LogP contribution in [0.25, 0.3) is 0 Å². The monoisotopic (exact) mass is 184 g/mol. The highest BCUT2D eigenvalue weighted by Gasteiger charge is 2.15. The van der Waals surface area contributed by atoms with Crippen molar-refractivity contribution in [2.45, 2.75) is 19.9 Å². The molecule has 1 aromatic rings. The number of aromatic nitrogens is 1. The van der Waals surface area contributed by atoms with Gasteiger partial charge in [-0.3, -0.25) is 4.79 Å². The summed E-state index contributed by atoms with van der Waals surface area (Å²) in [6, 6.07) is -0.281. The minimum Gasteiger partial charge on any atom is -0.438 e. The van der Waals surface area contributed by atoms with E-state index in [9.17, 15) is 4.79 Å². The summed E-state index contributed by atoms with van der Waals surface area (Å²) >= 11 is 0. The van der Waals surface area contributed by atoms with Crippen molar-refractivity contribution in [1.82, 2.24) is 10.3 Å². The fraction of sp³-hybridized carbons (Fsp3) is 0.500. The van der Waals surface area contributed by atoms with Crippen LogP contribution in [0.5, 0.6) is 0 Å². The van der Waals surface area contributed by atoms with E-state index in [1.807, 2.05) is 0 Å². The number of hydrogen-bond donors (Lipinski definition) is 2. The number of nitrogens with zero attached hydrogens (tertiary/aromatic N) is 1. The molecule has 1 aromatic heterocycles. The lowest BCUT2D eigenvalue weighted by Crippen LogP contribution is -2.35. The fourth-order valence-electron chi connectivity index (χ4n) is 0.855. The van der Waals surface area contributed by atoms with E-state index in [-0.39, 0.29) is 24.3 Å². The van der Waals surface area contributed by atoms with Gasteiger partial charge in [-0.25, -0.2) is 4.98 Å². The van der Waals surface area contributed by atoms with Gasteiger partial charge in [-0.05, 0) is 13.8 Å². The third-order valence-corrected chi connectivity index (χ3v) is 1.60. The molecule has 1 heterocycles. The Morgan fingerprint density at radius 1 is 1.85 bits per heavy atom. The second kappa shape index (κ2) is 4.04. The summed E-state index contributed by atoms with van der Waals surface area (Å²) < 4.78 is 4.87. The van der Waals surface area contributed by atoms with Gasteiger partial charge in [0.25, 0.3) is 5.91 Å². The molecule has 0 bridgehead atoms. The fourth-order valence-corrected chi connectivity index (χ4v) is 0.855. The molecule has 0 aromatic carbocycles. The van der Waals surface area contributed by atoms with Crippen LogP contribution in [-0.4, -0.2) is 28.6 Å². The molecule has 5 nitrogen and oxygen atoms in total. The quantitative estimate of drug-likeness (QED) is 0.698. The number of oxazole rings is 1. The lowest BCUT2D eigenvalue weighted by molar-refractivity contribution is 0.0893. The summed E-state index contributed by atoms with van der Waals surface area (Å²) in [6.45, 7) is 3.28. The maximum Gasteiger partial charge on any atom is 0.289 e. The number of hydrogen-bond acceptors (Lipinski definition) is 4. The standard InChI is InChI=1S/C8H12N2O3/c1-5(3-11)10-8(12)7-6(2)9-4-13-7/h4-5,11H,3H2,1-2H3,(H,10,12)/t5-/m1/s1. The van der Waals surface area contributed by atoms with E-state index in [4.69, 9.17) is 9.52 Å². The molecule has 0 saturated heterocycles. The molecular formula is C8H12N2O3. The first-order chi connectivity index (χ1) is 6.15. The van der Waals surface area contributed by atoms with Crippen LogP contribution in [0.15, 0.2) is 10.8 Å². The molecule has 2 N–H and O–H groups in total. The molecule has 1 rings (SSSR count). The molecule has 0 spiro atoms. The average Bonchev–Trinajstić information content (AvgIpc) is 2.51. The third kappa shape index (κ3) is 2.29. The summed E-state index contributed by atoms with van der Waals surface area (Å²) in [6.07, 6.45) is 1.22. The topological polar surface area (TPSA) is 75.4 Å². The van der Waals surface area contributed by atoms with Crippen LogP contribution in [0.2, 0.25) is 0 Å². The van der Waals surface area contributed by atoms with Crippen molar-refractivity contribution >= 4 is 5.91 Å². The van der Waals surface area contributed by atoms with Gasteiger partial charge in [0.05, 0.1) is 12.3 Å². The van der Waals surface area contributed by atoms with Crippen LogP contribution in [0.3, 0.4) is 0 Å². The summed E-state index contributed by atoms with van der Waals surface area (Å²) in [5, 5.41) is 11.2. The van der Waals surface area contributed by atoms with Gasteiger partial charge in [0.2, 0.25) is 5.76 Å². The van der Waals surface area contributed by atoms with Crippen LogP contribution >= 0.6 is 0 Å². The van der Waals surface area contributed by atoms with Crippen LogP contribution in [0.1, 0.15) is 23.2 Å². The smallest absolute Gasteiger partial charge is 0.289 e. The minimum absolute atomic E-state index is 0.0983. The zero-order chi connectivity index (χ0) is 9.84. The normalized spacial score (nSPS) is 12.5. The highest BCUT2D eigenvalue weighted by atomic mass is 16.3. The number of nitrogens with one attached hydrogen (secondary N) is 1. The second-order valence-corrected chi connectivity index (χ2v) is 2.82. The van der Waals surface area contributed by atoms with Crippen molar-refractivity contribution in [2.75, 3.05) is 6.61 Å². The van der Waals surface area contributed by atoms with Crippen molar-refractivity contribution in [3.63, 3.8) is 0 Å². The van der Waals surface area contributed by atoms with Crippen LogP contribution in [0.4, 0.5) is 0 Å². The van der Waals surface area contributed by atoms with E-state index in [2.05, 4.69) is 10.3 Å². The first-order valence-corrected chi connectivity index (χ1v) is 3.97. The van der Waals surface area contributed by atoms with E-state index in [1.165, 1.54) is 6.39 Å². The zero-order valence-electron chi connectivity index (χ0n) is 7.57. The Morgan fingerprint density at radius 3 is 3.00 bits per heavy atom. The van der Waals surface area contributed by atoms with Crippen molar-refractivity contribution in [3.8, 4) is 0 Å². The number of rotatable bonds is 3. The predicted molar refractivity (Wildman–Crippen MR) is 45.3 cm³/mol. The molecule has 13 heavy (non-hydrogen) atoms. The lowest BCUT2D eigenvalue weighted by atomic mass is 10.3. The number of aryl methyl sites for hydroxylation is 1. The Bertz CT molecular complexity index is 295. The number of aliphatic hydroxyl groups excluding tert-OH is 1. The molecule has 5 heteroatoms. The highest BCUT2D eigenvalue weighted by molar-refractivity contribution is 5.92. The lowest BCUT2D eigenvalue weighted by Gasteiger charge is -2.08. The van der Waals surface area contributed by atoms with Gasteiger partial charge in [-0.2, -0.15) is 0 Å². The van der Waals surface area contributed by atoms with Gasteiger partial charge in [0.1, 0.15) is 0 Å². The Labute approximate surface area is 75.8 Å². The van der Waals surface area contributed by atoms with E-state index in [0.717, 1.165) is 0 Å². The van der Waals surface area contributed by atoms with Crippen LogP contribution in [0, 0.1) is 6.92 Å². The van der Waals surface area contributed by atoms with Crippen molar-refractivity contribution < 1.29 is 14.3 Å². The van der Waals surface area contributed by atoms with Gasteiger partial charge in [0, 0.05) is 6.04 Å². The van der Waals surface area contributed by atoms with Crippen molar-refractivity contribution in [2.24, 2.45) is 0 Å². The second-order valence-electron chi connectivity index (χ2n) is 2.82. The molecule has 72 valence electrons. The maximum absolute atomic E-state index is 11.3. The third-order valence-electron chi connectivity index (χ3n) is 1.60. The maximum atomic E-state index is 11.3. The summed E-state index contributed by atoms with van der Waals surface area (Å²) in [7, 11) is 0. The van der Waals surface area contributed by atoms with Crippen LogP contribution < -0.4 is 5.32 Å². The van der Waals surface area contributed by atoms with E-state index >= 15 is 0 Å². The number of carbonyl (C=O) groups excluding carboxylic acids is 1. The van der Waals surface area contributed by atoms with Crippen molar-refractivity contribution in [1.29, 1.82) is 0 Å². The Kier molecular flexibility index (Phi) is 3.02. The summed E-state index contributed by atoms with van der Waals surface area (Å²) in [5.41, 5.74) is 0.544. The zero-order valence-corrected chi connectivity index (χ0v) is 7.57. The number of amides is 1. The summed E-state index contributed by atoms with van der Waals surface area (Å²) in [4.78, 5) is 15.1. The van der Waals surface area contributed by atoms with Gasteiger partial charge in [0.15, 0.2) is 6.39 Å². The SMILES string of the molecule is Cc1ncoc1C(=O)N[C@H](C)CO. The molecule has 0 aliphatic carbocycles. The predicted octanol–water partition coefficient (Wildman–Crippen LogP) is 0.0936. The first kappa shape index (κ1) is 9.73. The highest BCUT2D eigenvalue weighted by Crippen LogP contribution is 2.04. The molecule has 1 amide bonds. The molecule has 0 radical (unpaired) electrons. The molecular weight excluding hydrogens is 172 g/mol. The van der Waals surface area contributed by atoms with Gasteiger partial charge >= 0.3 is 0 Å². The molecule has 0 aliphatic rings. The van der Waals surface area contributed by atoms with Gasteiger partial charge in [-0.15, -0.1) is 0 Å². The Morgan fingerprint density at radius 2 is 2.54 bits per heavy atom. The number of carbonyl (C=O) groups is 1. The molecule has 0 aliphatic heterocycles. The van der Waals surface area contributed by atoms with Crippen molar-refractivity contribution in [3.05, 3.63) is 17.8 Å². The van der Waals surface area contributed by atoms with E-state index in [0.29, 0.717) is 5.69 Å². The minimum atomic E-state index is -0.350. The van der Waals surface area contributed by atoms with E-state index < -0.39 is 0 Å². The summed E-state index contributed by atoms with van der Waals surface area (Å²) in [5.74, 6) is -0.156. The molecule has 1 atom stereocenters. The molecule has 0 saturated carbocycles. The Hall–Kier alpha value is -1.36.